The molecule has 0 aliphatic heterocycles. The Bertz CT molecular complexity index is 650. The van der Waals surface area contributed by atoms with E-state index in [-0.39, 0.29) is 0 Å². The lowest BCUT2D eigenvalue weighted by Crippen LogP contribution is -2.01. The molecule has 0 saturated heterocycles. The van der Waals surface area contributed by atoms with Gasteiger partial charge in [-0.3, -0.25) is 0 Å². The minimum absolute atomic E-state index is 0.354. The largest absolute Gasteiger partial charge is 0.457 e. The molecule has 0 fully saturated rings. The Hall–Kier alpha value is -1.51. The molecule has 0 saturated carbocycles. The normalized spacial score (nSPS) is 11.0. The first-order valence-electron chi connectivity index (χ1n) is 7.20. The lowest BCUT2D eigenvalue weighted by Gasteiger charge is -2.16. The molecule has 2 rings (SSSR count). The van der Waals surface area contributed by atoms with E-state index in [0.29, 0.717) is 12.5 Å². The molecule has 2 N–H and O–H groups in total. The van der Waals surface area contributed by atoms with Crippen LogP contribution in [-0.2, 0) is 6.54 Å². The van der Waals surface area contributed by atoms with Gasteiger partial charge in [0.15, 0.2) is 0 Å². The molecule has 0 aromatic heterocycles. The minimum atomic E-state index is 0.354. The molecule has 0 aliphatic carbocycles. The van der Waals surface area contributed by atoms with Crippen LogP contribution < -0.4 is 10.5 Å². The molecular weight excluding hydrogens is 282 g/mol. The number of nitrogens with two attached hydrogens (primary N) is 1. The van der Waals surface area contributed by atoms with Gasteiger partial charge in [0.25, 0.3) is 0 Å². The highest BCUT2D eigenvalue weighted by molar-refractivity contribution is 6.31. The summed E-state index contributed by atoms with van der Waals surface area (Å²) in [6.07, 6.45) is 0. The lowest BCUT2D eigenvalue weighted by molar-refractivity contribution is 0.471. The minimum Gasteiger partial charge on any atom is -0.457 e. The smallest absolute Gasteiger partial charge is 0.131 e. The Kier molecular flexibility index (Phi) is 4.92. The zero-order chi connectivity index (χ0) is 15.6. The second-order valence-electron chi connectivity index (χ2n) is 5.71. The summed E-state index contributed by atoms with van der Waals surface area (Å²) in [5.74, 6) is 2.00. The number of ether oxygens (including phenoxy) is 1. The molecule has 2 aromatic carbocycles. The number of aryl methyl sites for hydroxylation is 2. The Morgan fingerprint density at radius 1 is 1.10 bits per heavy atom. The lowest BCUT2D eigenvalue weighted by atomic mass is 10.0. The van der Waals surface area contributed by atoms with Crippen molar-refractivity contribution in [2.24, 2.45) is 5.73 Å². The van der Waals surface area contributed by atoms with Gasteiger partial charge in [-0.15, -0.1) is 0 Å². The Balaban J connectivity index is 2.42. The quantitative estimate of drug-likeness (QED) is 0.828. The van der Waals surface area contributed by atoms with E-state index < -0.39 is 0 Å². The zero-order valence-electron chi connectivity index (χ0n) is 13.0. The van der Waals surface area contributed by atoms with Crippen LogP contribution in [0, 0.1) is 13.8 Å². The summed E-state index contributed by atoms with van der Waals surface area (Å²) in [5.41, 5.74) is 10.1. The van der Waals surface area contributed by atoms with Gasteiger partial charge in [0.05, 0.1) is 0 Å². The molecule has 0 aliphatic rings. The van der Waals surface area contributed by atoms with Crippen LogP contribution in [0.5, 0.6) is 11.5 Å². The molecule has 0 unspecified atom stereocenters. The Morgan fingerprint density at radius 2 is 1.81 bits per heavy atom. The molecule has 21 heavy (non-hydrogen) atoms. The van der Waals surface area contributed by atoms with Crippen LogP contribution >= 0.6 is 11.6 Å². The maximum atomic E-state index is 6.30. The molecule has 0 amide bonds. The first kappa shape index (κ1) is 15.9. The van der Waals surface area contributed by atoms with Crippen molar-refractivity contribution in [2.75, 3.05) is 0 Å². The van der Waals surface area contributed by atoms with E-state index >= 15 is 0 Å². The van der Waals surface area contributed by atoms with Crippen molar-refractivity contribution in [3.63, 3.8) is 0 Å². The van der Waals surface area contributed by atoms with E-state index in [4.69, 9.17) is 22.1 Å². The molecule has 0 bridgehead atoms. The predicted octanol–water partition coefficient (Wildman–Crippen LogP) is 5.33. The van der Waals surface area contributed by atoms with E-state index in [9.17, 15) is 0 Å². The second-order valence-corrected chi connectivity index (χ2v) is 6.12. The molecule has 0 radical (unpaired) electrons. The summed E-state index contributed by atoms with van der Waals surface area (Å²) in [5, 5.41) is 0.790. The first-order chi connectivity index (χ1) is 9.92. The van der Waals surface area contributed by atoms with Gasteiger partial charge >= 0.3 is 0 Å². The number of hydrogen-bond acceptors (Lipinski definition) is 2. The van der Waals surface area contributed by atoms with Gasteiger partial charge in [-0.1, -0.05) is 43.1 Å². The fraction of sp³-hybridized carbons (Fsp3) is 0.333. The van der Waals surface area contributed by atoms with Gasteiger partial charge in [0.1, 0.15) is 11.5 Å². The van der Waals surface area contributed by atoms with Crippen LogP contribution in [0.3, 0.4) is 0 Å². The molecule has 0 heterocycles. The van der Waals surface area contributed by atoms with Crippen molar-refractivity contribution in [2.45, 2.75) is 40.2 Å². The van der Waals surface area contributed by atoms with Crippen molar-refractivity contribution < 1.29 is 4.74 Å². The second kappa shape index (κ2) is 6.50. The fourth-order valence-corrected chi connectivity index (χ4v) is 2.74. The van der Waals surface area contributed by atoms with Crippen molar-refractivity contribution >= 4 is 11.6 Å². The monoisotopic (exact) mass is 303 g/mol. The number of benzene rings is 2. The van der Waals surface area contributed by atoms with Gasteiger partial charge in [-0.25, -0.2) is 0 Å². The fourth-order valence-electron chi connectivity index (χ4n) is 2.31. The maximum absolute atomic E-state index is 6.30. The SMILES string of the molecule is Cc1ccc(Oc2cc(C(C)C)c(Cl)cc2C)c(CN)c1. The van der Waals surface area contributed by atoms with Crippen molar-refractivity contribution in [1.82, 2.24) is 0 Å². The van der Waals surface area contributed by atoms with Crippen molar-refractivity contribution in [1.29, 1.82) is 0 Å². The summed E-state index contributed by atoms with van der Waals surface area (Å²) in [7, 11) is 0. The van der Waals surface area contributed by atoms with Crippen molar-refractivity contribution in [3.8, 4) is 11.5 Å². The number of hydrogen-bond donors (Lipinski definition) is 1. The summed E-state index contributed by atoms with van der Waals surface area (Å²) in [6, 6.07) is 10.1. The van der Waals surface area contributed by atoms with Crippen LogP contribution in [0.25, 0.3) is 0 Å². The van der Waals surface area contributed by atoms with E-state index in [0.717, 1.165) is 33.2 Å². The third-order valence-corrected chi connectivity index (χ3v) is 3.90. The van der Waals surface area contributed by atoms with Gasteiger partial charge in [0, 0.05) is 17.1 Å². The molecular formula is C18H22ClNO. The molecule has 0 atom stereocenters. The third-order valence-electron chi connectivity index (χ3n) is 3.57. The highest BCUT2D eigenvalue weighted by Gasteiger charge is 2.12. The van der Waals surface area contributed by atoms with Gasteiger partial charge in [0.2, 0.25) is 0 Å². The predicted molar refractivity (Wildman–Crippen MR) is 89.4 cm³/mol. The maximum Gasteiger partial charge on any atom is 0.131 e. The average Bonchev–Trinajstić information content (AvgIpc) is 2.42. The van der Waals surface area contributed by atoms with Crippen LogP contribution in [0.1, 0.15) is 42.0 Å². The summed E-state index contributed by atoms with van der Waals surface area (Å²) < 4.78 is 6.09. The molecule has 3 heteroatoms. The highest BCUT2D eigenvalue weighted by atomic mass is 35.5. The summed E-state index contributed by atoms with van der Waals surface area (Å²) in [4.78, 5) is 0. The van der Waals surface area contributed by atoms with Crippen LogP contribution in [0.15, 0.2) is 30.3 Å². The van der Waals surface area contributed by atoms with Crippen LogP contribution in [0.4, 0.5) is 0 Å². The third kappa shape index (κ3) is 3.58. The van der Waals surface area contributed by atoms with Crippen LogP contribution in [0.2, 0.25) is 5.02 Å². The van der Waals surface area contributed by atoms with E-state index in [1.165, 1.54) is 5.56 Å². The first-order valence-corrected chi connectivity index (χ1v) is 7.57. The molecule has 2 aromatic rings. The Morgan fingerprint density at radius 3 is 2.43 bits per heavy atom. The van der Waals surface area contributed by atoms with Gasteiger partial charge in [-0.2, -0.15) is 0 Å². The number of rotatable bonds is 4. The van der Waals surface area contributed by atoms with Crippen molar-refractivity contribution in [3.05, 3.63) is 57.6 Å². The van der Waals surface area contributed by atoms with E-state index in [1.807, 2.05) is 38.1 Å². The topological polar surface area (TPSA) is 35.2 Å². The Labute approximate surface area is 131 Å². The summed E-state index contributed by atoms with van der Waals surface area (Å²) in [6.45, 7) is 8.75. The molecule has 0 spiro atoms. The van der Waals surface area contributed by atoms with Gasteiger partial charge < -0.3 is 10.5 Å². The summed E-state index contributed by atoms with van der Waals surface area (Å²) >= 11 is 6.30. The average molecular weight is 304 g/mol. The van der Waals surface area contributed by atoms with Gasteiger partial charge in [-0.05, 0) is 49.1 Å². The van der Waals surface area contributed by atoms with E-state index in [2.05, 4.69) is 19.9 Å². The van der Waals surface area contributed by atoms with Crippen LogP contribution in [-0.4, -0.2) is 0 Å². The zero-order valence-corrected chi connectivity index (χ0v) is 13.8. The molecule has 2 nitrogen and oxygen atoms in total. The standard InChI is InChI=1S/C18H22ClNO/c1-11(2)15-9-18(13(4)8-16(15)19)21-17-6-5-12(3)7-14(17)10-20/h5-9,11H,10,20H2,1-4H3. The highest BCUT2D eigenvalue weighted by Crippen LogP contribution is 2.35. The molecule has 112 valence electrons. The van der Waals surface area contributed by atoms with E-state index in [1.54, 1.807) is 0 Å². The number of halogens is 1.